The van der Waals surface area contributed by atoms with Crippen molar-refractivity contribution in [1.82, 2.24) is 0 Å². The number of aldehydes is 1. The van der Waals surface area contributed by atoms with Crippen molar-refractivity contribution in [3.63, 3.8) is 0 Å². The minimum absolute atomic E-state index is 0.117. The molecule has 2 N–H and O–H groups in total. The Labute approximate surface area is 83.8 Å². The van der Waals surface area contributed by atoms with Crippen LogP contribution in [0.4, 0.5) is 4.39 Å². The Hall–Kier alpha value is -1.48. The van der Waals surface area contributed by atoms with E-state index < -0.39 is 18.9 Å². The molecule has 0 bridgehead atoms. The monoisotopic (exact) mass is 216 g/mol. The van der Waals surface area contributed by atoms with Crippen molar-refractivity contribution >= 4 is 13.6 Å². The average molecular weight is 216 g/mol. The zero-order valence-corrected chi connectivity index (χ0v) is 7.29. The summed E-state index contributed by atoms with van der Waals surface area (Å²) in [5.41, 5.74) is -0.117. The maximum absolute atomic E-state index is 13.1. The Kier molecular flexibility index (Phi) is 4.19. The maximum atomic E-state index is 13.1. The van der Waals surface area contributed by atoms with Gasteiger partial charge in [0, 0.05) is 0 Å². The van der Waals surface area contributed by atoms with E-state index in [0.29, 0.717) is 6.29 Å². The van der Waals surface area contributed by atoms with Gasteiger partial charge in [0.15, 0.2) is 12.1 Å². The van der Waals surface area contributed by atoms with Gasteiger partial charge in [0.05, 0.1) is 5.56 Å². The zero-order valence-electron chi connectivity index (χ0n) is 7.29. The van der Waals surface area contributed by atoms with Gasteiger partial charge in [-0.3, -0.25) is 15.3 Å². The number of halogens is 1. The van der Waals surface area contributed by atoms with E-state index in [1.54, 1.807) is 0 Å². The van der Waals surface area contributed by atoms with Gasteiger partial charge < -0.3 is 4.65 Å². The van der Waals surface area contributed by atoms with Crippen LogP contribution in [0.15, 0.2) is 18.2 Å². The van der Waals surface area contributed by atoms with Gasteiger partial charge in [-0.15, -0.1) is 0 Å². The first-order valence-corrected chi connectivity index (χ1v) is 3.73. The van der Waals surface area contributed by atoms with E-state index in [1.165, 1.54) is 12.1 Å². The highest BCUT2D eigenvalue weighted by Crippen LogP contribution is 2.21. The first-order valence-electron chi connectivity index (χ1n) is 3.73. The maximum Gasteiger partial charge on any atom is 0.770 e. The molecule has 0 fully saturated rings. The second kappa shape index (κ2) is 5.42. The number of hydrogen-bond donors (Lipinski definition) is 2. The summed E-state index contributed by atoms with van der Waals surface area (Å²) in [5.74, 6) is -1.36. The topological polar surface area (TPSA) is 85.2 Å². The molecule has 0 spiro atoms. The van der Waals surface area contributed by atoms with Crippen LogP contribution in [0.3, 0.4) is 0 Å². The molecule has 1 rings (SSSR count). The molecule has 80 valence electrons. The lowest BCUT2D eigenvalue weighted by molar-refractivity contribution is -0.242. The second-order valence-electron chi connectivity index (χ2n) is 2.39. The standard InChI is InChI=1S/C7H6BFO6/c9-6-3-1-2-5(4-10)7(6)13-8(14-11)15-12/h1-4,11-12H. The number of carbonyl (C=O) groups excluding carboxylic acids is 1. The average Bonchev–Trinajstić information content (AvgIpc) is 2.27. The summed E-state index contributed by atoms with van der Waals surface area (Å²) < 4.78 is 17.6. The molecule has 0 aromatic heterocycles. The van der Waals surface area contributed by atoms with Gasteiger partial charge in [0.1, 0.15) is 5.75 Å². The molecule has 0 saturated heterocycles. The summed E-state index contributed by atoms with van der Waals surface area (Å²) in [6, 6.07) is 3.59. The first-order chi connectivity index (χ1) is 7.22. The molecule has 0 aliphatic heterocycles. The smallest absolute Gasteiger partial charge is 0.506 e. The van der Waals surface area contributed by atoms with Crippen molar-refractivity contribution in [2.75, 3.05) is 0 Å². The molecule has 0 unspecified atom stereocenters. The summed E-state index contributed by atoms with van der Waals surface area (Å²) in [6.07, 6.45) is 0.338. The summed E-state index contributed by atoms with van der Waals surface area (Å²) in [6.45, 7) is 0. The summed E-state index contributed by atoms with van der Waals surface area (Å²) in [5, 5.41) is 16.2. The molecule has 0 radical (unpaired) electrons. The fraction of sp³-hybridized carbons (Fsp3) is 0. The van der Waals surface area contributed by atoms with Crippen LogP contribution in [0.2, 0.25) is 0 Å². The van der Waals surface area contributed by atoms with Crippen LogP contribution >= 0.6 is 0 Å². The van der Waals surface area contributed by atoms with Crippen LogP contribution in [0.1, 0.15) is 10.4 Å². The van der Waals surface area contributed by atoms with Gasteiger partial charge in [-0.25, -0.2) is 14.0 Å². The van der Waals surface area contributed by atoms with E-state index in [-0.39, 0.29) is 5.56 Å². The molecule has 8 heteroatoms. The van der Waals surface area contributed by atoms with Crippen LogP contribution in [-0.4, -0.2) is 24.1 Å². The van der Waals surface area contributed by atoms with Gasteiger partial charge in [0.25, 0.3) is 0 Å². The van der Waals surface area contributed by atoms with Crippen LogP contribution in [-0.2, 0) is 9.61 Å². The van der Waals surface area contributed by atoms with Crippen molar-refractivity contribution in [1.29, 1.82) is 0 Å². The predicted molar refractivity (Wildman–Crippen MR) is 45.6 cm³/mol. The predicted octanol–water partition coefficient (Wildman–Crippen LogP) is 0.981. The Balaban J connectivity index is 2.96. The Morgan fingerprint density at radius 3 is 2.53 bits per heavy atom. The number of para-hydroxylation sites is 1. The number of benzene rings is 1. The minimum atomic E-state index is -1.93. The summed E-state index contributed by atoms with van der Waals surface area (Å²) in [4.78, 5) is 17.4. The number of hydrogen-bond acceptors (Lipinski definition) is 6. The SMILES string of the molecule is O=Cc1cccc(F)c1OB(OO)OO. The lowest BCUT2D eigenvalue weighted by atomic mass is 10.1. The van der Waals surface area contributed by atoms with E-state index in [0.717, 1.165) is 6.07 Å². The Morgan fingerprint density at radius 1 is 1.33 bits per heavy atom. The number of rotatable bonds is 5. The summed E-state index contributed by atoms with van der Waals surface area (Å²) >= 11 is 0. The van der Waals surface area contributed by atoms with E-state index in [9.17, 15) is 9.18 Å². The van der Waals surface area contributed by atoms with E-state index >= 15 is 0 Å². The van der Waals surface area contributed by atoms with E-state index in [4.69, 9.17) is 10.5 Å². The highest BCUT2D eigenvalue weighted by Gasteiger charge is 2.27. The molecule has 0 aliphatic carbocycles. The van der Waals surface area contributed by atoms with Gasteiger partial charge >= 0.3 is 7.32 Å². The molecule has 1 aromatic rings. The third-order valence-corrected chi connectivity index (χ3v) is 1.51. The number of carbonyl (C=O) groups is 1. The second-order valence-corrected chi connectivity index (χ2v) is 2.39. The van der Waals surface area contributed by atoms with Crippen molar-refractivity contribution in [2.24, 2.45) is 0 Å². The van der Waals surface area contributed by atoms with Gasteiger partial charge in [-0.1, -0.05) is 6.07 Å². The highest BCUT2D eigenvalue weighted by atomic mass is 19.1. The third kappa shape index (κ3) is 2.73. The van der Waals surface area contributed by atoms with Crippen LogP contribution in [0.25, 0.3) is 0 Å². The van der Waals surface area contributed by atoms with Crippen molar-refractivity contribution in [3.8, 4) is 5.75 Å². The Morgan fingerprint density at radius 2 is 2.00 bits per heavy atom. The summed E-state index contributed by atoms with van der Waals surface area (Å²) in [7, 11) is -1.93. The van der Waals surface area contributed by atoms with Gasteiger partial charge in [-0.05, 0) is 12.1 Å². The minimum Gasteiger partial charge on any atom is -0.506 e. The largest absolute Gasteiger partial charge is 0.770 e. The van der Waals surface area contributed by atoms with Gasteiger partial charge in [-0.2, -0.15) is 0 Å². The van der Waals surface area contributed by atoms with Crippen LogP contribution in [0.5, 0.6) is 5.75 Å². The molecule has 1 aromatic carbocycles. The lowest BCUT2D eigenvalue weighted by Crippen LogP contribution is -2.28. The highest BCUT2D eigenvalue weighted by molar-refractivity contribution is 6.36. The molecule has 15 heavy (non-hydrogen) atoms. The first kappa shape index (κ1) is 11.6. The van der Waals surface area contributed by atoms with E-state index in [2.05, 4.69) is 14.3 Å². The Bertz CT molecular complexity index is 342. The van der Waals surface area contributed by atoms with Crippen molar-refractivity contribution < 1.29 is 34.0 Å². The molecule has 0 atom stereocenters. The molecule has 0 amide bonds. The van der Waals surface area contributed by atoms with E-state index in [1.807, 2.05) is 0 Å². The van der Waals surface area contributed by atoms with Crippen molar-refractivity contribution in [2.45, 2.75) is 0 Å². The molecule has 0 aliphatic rings. The lowest BCUT2D eigenvalue weighted by Gasteiger charge is -2.10. The van der Waals surface area contributed by atoms with Crippen LogP contribution < -0.4 is 4.65 Å². The zero-order chi connectivity index (χ0) is 11.3. The molecule has 6 nitrogen and oxygen atoms in total. The van der Waals surface area contributed by atoms with Crippen molar-refractivity contribution in [3.05, 3.63) is 29.6 Å². The third-order valence-electron chi connectivity index (χ3n) is 1.51. The quantitative estimate of drug-likeness (QED) is 0.330. The van der Waals surface area contributed by atoms with Crippen LogP contribution in [0, 0.1) is 5.82 Å². The molecule has 0 saturated carbocycles. The fourth-order valence-electron chi connectivity index (χ4n) is 0.901. The molecular formula is C7H6BFO6. The molecular weight excluding hydrogens is 210 g/mol. The molecule has 0 heterocycles. The van der Waals surface area contributed by atoms with Gasteiger partial charge in [0.2, 0.25) is 0 Å². The fourth-order valence-corrected chi connectivity index (χ4v) is 0.901. The normalized spacial score (nSPS) is 9.80.